The van der Waals surface area contributed by atoms with Gasteiger partial charge in [-0.3, -0.25) is 4.99 Å². The van der Waals surface area contributed by atoms with Crippen LogP contribution in [-0.2, 0) is 10.8 Å². The lowest BCUT2D eigenvalue weighted by Crippen LogP contribution is -2.49. The monoisotopic (exact) mass is 399 g/mol. The zero-order valence-electron chi connectivity index (χ0n) is 19.0. The first-order valence-corrected chi connectivity index (χ1v) is 13.8. The Labute approximate surface area is 174 Å². The topological polar surface area (TPSA) is 21.6 Å². The molecule has 0 N–H and O–H groups in total. The van der Waals surface area contributed by atoms with Gasteiger partial charge in [0.15, 0.2) is 8.32 Å². The van der Waals surface area contributed by atoms with Gasteiger partial charge < -0.3 is 4.43 Å². The van der Waals surface area contributed by atoms with E-state index in [1.165, 1.54) is 48.9 Å². The van der Waals surface area contributed by atoms with Gasteiger partial charge in [-0.05, 0) is 47.0 Å². The molecule has 0 saturated heterocycles. The zero-order valence-corrected chi connectivity index (χ0v) is 20.0. The van der Waals surface area contributed by atoms with Crippen molar-refractivity contribution in [3.8, 4) is 0 Å². The molecule has 0 amide bonds. The van der Waals surface area contributed by atoms with Crippen molar-refractivity contribution in [2.24, 2.45) is 10.9 Å². The summed E-state index contributed by atoms with van der Waals surface area (Å²) in [7, 11) is -1.83. The van der Waals surface area contributed by atoms with Crippen LogP contribution in [0.2, 0.25) is 16.6 Å². The van der Waals surface area contributed by atoms with E-state index in [2.05, 4.69) is 65.8 Å². The Morgan fingerprint density at radius 1 is 0.929 bits per heavy atom. The van der Waals surface area contributed by atoms with Crippen LogP contribution in [0, 0.1) is 5.92 Å². The molecular formula is C25H41NOSi. The average Bonchev–Trinajstić information content (AvgIpc) is 2.67. The summed E-state index contributed by atoms with van der Waals surface area (Å²) in [5, 5.41) is 0. The van der Waals surface area contributed by atoms with E-state index >= 15 is 0 Å². The highest BCUT2D eigenvalue weighted by Gasteiger charge is 2.45. The molecule has 3 rings (SSSR count). The molecule has 1 aliphatic carbocycles. The number of benzene rings is 1. The standard InChI is InChI=1S/C25H41NOSi/c1-18(2)28(19(3)4,20(5)6)27-17-23-16-22-14-10-11-15-24(22)25(26-23)21-12-8-7-9-13-21/h10-11,14-15,18-21,23H,7-9,12-13,16-17H2,1-6H3. The molecule has 0 radical (unpaired) electrons. The van der Waals surface area contributed by atoms with Crippen molar-refractivity contribution in [2.45, 2.75) is 103 Å². The number of rotatable bonds is 7. The van der Waals surface area contributed by atoms with E-state index in [-0.39, 0.29) is 6.04 Å². The first kappa shape index (κ1) is 21.8. The molecule has 1 unspecified atom stereocenters. The molecule has 1 aliphatic heterocycles. The van der Waals surface area contributed by atoms with Crippen LogP contribution in [0.5, 0.6) is 0 Å². The van der Waals surface area contributed by atoms with Gasteiger partial charge >= 0.3 is 0 Å². The molecule has 1 aromatic rings. The fraction of sp³-hybridized carbons (Fsp3) is 0.720. The molecule has 0 bridgehead atoms. The van der Waals surface area contributed by atoms with E-state index in [1.54, 1.807) is 0 Å². The Morgan fingerprint density at radius 3 is 2.14 bits per heavy atom. The summed E-state index contributed by atoms with van der Waals surface area (Å²) < 4.78 is 6.94. The third kappa shape index (κ3) is 4.31. The van der Waals surface area contributed by atoms with Gasteiger partial charge in [-0.1, -0.05) is 85.1 Å². The molecule has 156 valence electrons. The van der Waals surface area contributed by atoms with Crippen LogP contribution in [-0.4, -0.2) is 26.7 Å². The van der Waals surface area contributed by atoms with Crippen LogP contribution in [0.1, 0.15) is 84.8 Å². The summed E-state index contributed by atoms with van der Waals surface area (Å²) in [6.45, 7) is 15.0. The molecule has 3 heteroatoms. The van der Waals surface area contributed by atoms with Crippen LogP contribution in [0.4, 0.5) is 0 Å². The molecule has 1 aromatic carbocycles. The Bertz CT molecular complexity index is 651. The zero-order chi connectivity index (χ0) is 20.3. The first-order chi connectivity index (χ1) is 13.4. The van der Waals surface area contributed by atoms with Gasteiger partial charge in [0.05, 0.1) is 12.6 Å². The normalized spacial score (nSPS) is 21.3. The Balaban J connectivity index is 1.84. The van der Waals surface area contributed by atoms with Crippen LogP contribution in [0.25, 0.3) is 0 Å². The number of fused-ring (bicyclic) bond motifs is 1. The minimum absolute atomic E-state index is 0.287. The van der Waals surface area contributed by atoms with Gasteiger partial charge in [0.1, 0.15) is 0 Å². The van der Waals surface area contributed by atoms with Crippen molar-refractivity contribution in [3.05, 3.63) is 35.4 Å². The number of hydrogen-bond acceptors (Lipinski definition) is 2. The summed E-state index contributed by atoms with van der Waals surface area (Å²) in [6.07, 6.45) is 7.76. The number of nitrogens with zero attached hydrogens (tertiary/aromatic N) is 1. The highest BCUT2D eigenvalue weighted by Crippen LogP contribution is 2.42. The van der Waals surface area contributed by atoms with Crippen molar-refractivity contribution in [1.82, 2.24) is 0 Å². The van der Waals surface area contributed by atoms with Gasteiger partial charge in [-0.2, -0.15) is 0 Å². The Kier molecular flexibility index (Phi) is 7.20. The maximum Gasteiger partial charge on any atom is 0.200 e. The third-order valence-corrected chi connectivity index (χ3v) is 13.4. The molecule has 1 heterocycles. The molecule has 0 aromatic heterocycles. The minimum atomic E-state index is -1.83. The molecular weight excluding hydrogens is 358 g/mol. The van der Waals surface area contributed by atoms with E-state index < -0.39 is 8.32 Å². The second-order valence-electron chi connectivity index (χ2n) is 9.99. The molecule has 2 aliphatic rings. The fourth-order valence-corrected chi connectivity index (χ4v) is 11.5. The summed E-state index contributed by atoms with van der Waals surface area (Å²) >= 11 is 0. The van der Waals surface area contributed by atoms with E-state index in [1.807, 2.05) is 0 Å². The molecule has 2 nitrogen and oxygen atoms in total. The lowest BCUT2D eigenvalue weighted by Gasteiger charge is -2.43. The van der Waals surface area contributed by atoms with Crippen molar-refractivity contribution in [3.63, 3.8) is 0 Å². The predicted octanol–water partition coefficient (Wildman–Crippen LogP) is 7.17. The number of aliphatic imine (C=N–C) groups is 1. The molecule has 0 spiro atoms. The second kappa shape index (κ2) is 9.26. The van der Waals surface area contributed by atoms with Gasteiger partial charge in [-0.25, -0.2) is 0 Å². The van der Waals surface area contributed by atoms with Crippen molar-refractivity contribution >= 4 is 14.0 Å². The second-order valence-corrected chi connectivity index (χ2v) is 15.5. The lowest BCUT2D eigenvalue weighted by molar-refractivity contribution is 0.252. The summed E-state index contributed by atoms with van der Waals surface area (Å²) in [6, 6.07) is 9.28. The van der Waals surface area contributed by atoms with Crippen LogP contribution in [0.15, 0.2) is 29.3 Å². The fourth-order valence-electron chi connectivity index (χ4n) is 6.05. The van der Waals surface area contributed by atoms with Gasteiger partial charge in [-0.15, -0.1) is 0 Å². The summed E-state index contributed by atoms with van der Waals surface area (Å²) in [4.78, 5) is 5.34. The highest BCUT2D eigenvalue weighted by molar-refractivity contribution is 6.77. The minimum Gasteiger partial charge on any atom is -0.414 e. The molecule has 28 heavy (non-hydrogen) atoms. The summed E-state index contributed by atoms with van der Waals surface area (Å²) in [5.41, 5.74) is 6.19. The number of hydrogen-bond donors (Lipinski definition) is 0. The smallest absolute Gasteiger partial charge is 0.200 e. The largest absolute Gasteiger partial charge is 0.414 e. The van der Waals surface area contributed by atoms with Crippen LogP contribution >= 0.6 is 0 Å². The summed E-state index contributed by atoms with van der Waals surface area (Å²) in [5.74, 6) is 0.653. The van der Waals surface area contributed by atoms with E-state index in [9.17, 15) is 0 Å². The average molecular weight is 400 g/mol. The third-order valence-electron chi connectivity index (χ3n) is 7.30. The Hall–Kier alpha value is -0.933. The molecule has 1 fully saturated rings. The molecule has 1 atom stereocenters. The van der Waals surface area contributed by atoms with Gasteiger partial charge in [0, 0.05) is 11.6 Å². The molecule has 1 saturated carbocycles. The first-order valence-electron chi connectivity index (χ1n) is 11.7. The van der Waals surface area contributed by atoms with E-state index in [0.29, 0.717) is 22.5 Å². The van der Waals surface area contributed by atoms with E-state index in [4.69, 9.17) is 9.42 Å². The van der Waals surface area contributed by atoms with Crippen LogP contribution < -0.4 is 0 Å². The maximum atomic E-state index is 6.94. The van der Waals surface area contributed by atoms with Crippen molar-refractivity contribution < 1.29 is 4.43 Å². The Morgan fingerprint density at radius 2 is 1.54 bits per heavy atom. The van der Waals surface area contributed by atoms with Crippen molar-refractivity contribution in [2.75, 3.05) is 6.61 Å². The quantitative estimate of drug-likeness (QED) is 0.445. The predicted molar refractivity (Wildman–Crippen MR) is 124 cm³/mol. The van der Waals surface area contributed by atoms with Gasteiger partial charge in [0.2, 0.25) is 0 Å². The SMILES string of the molecule is CC(C)[Si](OCC1Cc2ccccc2C(C2CCCCC2)=N1)(C(C)C)C(C)C. The lowest BCUT2D eigenvalue weighted by atomic mass is 9.80. The van der Waals surface area contributed by atoms with Crippen LogP contribution in [0.3, 0.4) is 0 Å². The maximum absolute atomic E-state index is 6.94. The highest BCUT2D eigenvalue weighted by atomic mass is 28.4. The van der Waals surface area contributed by atoms with E-state index in [0.717, 1.165) is 13.0 Å². The van der Waals surface area contributed by atoms with Gasteiger partial charge in [0.25, 0.3) is 0 Å². The van der Waals surface area contributed by atoms with Crippen molar-refractivity contribution in [1.29, 1.82) is 0 Å².